The summed E-state index contributed by atoms with van der Waals surface area (Å²) in [4.78, 5) is 21.9. The minimum Gasteiger partial charge on any atom is -0.399 e. The Morgan fingerprint density at radius 3 is 1.91 bits per heavy atom. The van der Waals surface area contributed by atoms with Crippen LogP contribution in [0.25, 0.3) is 22.3 Å². The number of rotatable bonds is 3. The quantitative estimate of drug-likeness (QED) is 0.279. The van der Waals surface area contributed by atoms with Gasteiger partial charge in [-0.05, 0) is 85.8 Å². The number of carbonyl (C=O) groups is 1. The smallest absolute Gasteiger partial charge is 0.227 e. The van der Waals surface area contributed by atoms with Crippen LogP contribution in [-0.2, 0) is 4.79 Å². The molecule has 0 aliphatic carbocycles. The number of nitrogen functional groups attached to an aromatic ring is 1. The summed E-state index contributed by atoms with van der Waals surface area (Å²) in [6, 6.07) is 19.8. The molecule has 0 spiro atoms. The topological polar surface area (TPSA) is 72.1 Å². The molecule has 0 bridgehead atoms. The molecule has 0 saturated carbocycles. The number of halogens is 2. The van der Waals surface area contributed by atoms with Gasteiger partial charge in [0.1, 0.15) is 0 Å². The van der Waals surface area contributed by atoms with Gasteiger partial charge in [-0.3, -0.25) is 14.8 Å². The third-order valence-corrected chi connectivity index (χ3v) is 6.06. The van der Waals surface area contributed by atoms with E-state index in [9.17, 15) is 4.79 Å². The lowest BCUT2D eigenvalue weighted by atomic mass is 10.1. The monoisotopic (exact) mass is 564 g/mol. The molecule has 1 aliphatic rings. The highest BCUT2D eigenvalue weighted by Crippen LogP contribution is 2.28. The van der Waals surface area contributed by atoms with Gasteiger partial charge in [0.15, 0.2) is 0 Å². The van der Waals surface area contributed by atoms with Gasteiger partial charge in [0.25, 0.3) is 0 Å². The second-order valence-corrected chi connectivity index (χ2v) is 9.44. The van der Waals surface area contributed by atoms with Crippen LogP contribution < -0.4 is 10.6 Å². The number of benzene rings is 2. The minimum absolute atomic E-state index is 0.213. The van der Waals surface area contributed by atoms with Crippen LogP contribution in [0.3, 0.4) is 0 Å². The van der Waals surface area contributed by atoms with E-state index in [4.69, 9.17) is 5.73 Å². The van der Waals surface area contributed by atoms with Gasteiger partial charge in [-0.15, -0.1) is 0 Å². The number of amides is 1. The van der Waals surface area contributed by atoms with Gasteiger partial charge in [-0.1, -0.05) is 24.3 Å². The zero-order valence-electron chi connectivity index (χ0n) is 17.8. The van der Waals surface area contributed by atoms with E-state index in [1.807, 2.05) is 78.0 Å². The molecule has 0 radical (unpaired) electrons. The lowest BCUT2D eigenvalue weighted by Crippen LogP contribution is -2.23. The number of nitrogens with zero attached hydrogens (tertiary/aromatic N) is 3. The molecule has 4 aromatic rings. The number of pyridine rings is 2. The van der Waals surface area contributed by atoms with Crippen LogP contribution in [0.4, 0.5) is 11.4 Å². The van der Waals surface area contributed by atoms with Crippen molar-refractivity contribution in [3.8, 4) is 22.3 Å². The molecule has 3 heterocycles. The van der Waals surface area contributed by atoms with Crippen molar-refractivity contribution >= 4 is 49.1 Å². The minimum atomic E-state index is 0.213. The summed E-state index contributed by atoms with van der Waals surface area (Å²) in [7, 11) is 0. The summed E-state index contributed by atoms with van der Waals surface area (Å²) in [6.45, 7) is 0.818. The van der Waals surface area contributed by atoms with Crippen molar-refractivity contribution in [3.63, 3.8) is 0 Å². The Morgan fingerprint density at radius 2 is 1.36 bits per heavy atom. The number of anilines is 2. The molecule has 33 heavy (non-hydrogen) atoms. The Balaban J connectivity index is 0.000000165. The van der Waals surface area contributed by atoms with Gasteiger partial charge >= 0.3 is 0 Å². The lowest BCUT2D eigenvalue weighted by Gasteiger charge is -2.16. The summed E-state index contributed by atoms with van der Waals surface area (Å²) in [5, 5.41) is 0. The predicted octanol–water partition coefficient (Wildman–Crippen LogP) is 6.73. The van der Waals surface area contributed by atoms with Gasteiger partial charge in [-0.25, -0.2) is 0 Å². The first-order valence-electron chi connectivity index (χ1n) is 10.5. The van der Waals surface area contributed by atoms with Gasteiger partial charge < -0.3 is 10.6 Å². The number of carbonyl (C=O) groups excluding carboxylic acids is 1. The van der Waals surface area contributed by atoms with Gasteiger partial charge in [0.05, 0.1) is 0 Å². The summed E-state index contributed by atoms with van der Waals surface area (Å²) in [6.07, 6.45) is 8.77. The van der Waals surface area contributed by atoms with Crippen molar-refractivity contribution in [1.29, 1.82) is 0 Å². The fourth-order valence-electron chi connectivity index (χ4n) is 3.63. The van der Waals surface area contributed by atoms with Crippen LogP contribution in [-0.4, -0.2) is 22.4 Å². The lowest BCUT2D eigenvalue weighted by molar-refractivity contribution is -0.117. The molecular weight excluding hydrogens is 544 g/mol. The third-order valence-electron chi connectivity index (χ3n) is 5.19. The second kappa shape index (κ2) is 10.7. The number of nitrogens with two attached hydrogens (primary N) is 1. The fraction of sp³-hybridized carbons (Fsp3) is 0.115. The van der Waals surface area contributed by atoms with Crippen LogP contribution in [0.1, 0.15) is 12.8 Å². The molecule has 166 valence electrons. The van der Waals surface area contributed by atoms with Crippen molar-refractivity contribution < 1.29 is 4.79 Å². The van der Waals surface area contributed by atoms with Crippen molar-refractivity contribution in [3.05, 3.63) is 94.4 Å². The van der Waals surface area contributed by atoms with Crippen molar-refractivity contribution in [2.24, 2.45) is 0 Å². The van der Waals surface area contributed by atoms with E-state index in [1.165, 1.54) is 0 Å². The fourth-order valence-corrected chi connectivity index (χ4v) is 4.36. The molecule has 1 aliphatic heterocycles. The van der Waals surface area contributed by atoms with Gasteiger partial charge in [0.2, 0.25) is 5.91 Å². The van der Waals surface area contributed by atoms with Gasteiger partial charge in [-0.2, -0.15) is 0 Å². The molecule has 1 fully saturated rings. The highest BCUT2D eigenvalue weighted by atomic mass is 79.9. The average molecular weight is 566 g/mol. The molecule has 1 saturated heterocycles. The zero-order valence-corrected chi connectivity index (χ0v) is 21.0. The van der Waals surface area contributed by atoms with Crippen LogP contribution in [0.2, 0.25) is 0 Å². The average Bonchev–Trinajstić information content (AvgIpc) is 3.25. The second-order valence-electron chi connectivity index (χ2n) is 7.61. The molecule has 7 heteroatoms. The molecule has 2 aromatic heterocycles. The predicted molar refractivity (Wildman–Crippen MR) is 141 cm³/mol. The van der Waals surface area contributed by atoms with Crippen LogP contribution >= 0.6 is 31.9 Å². The highest BCUT2D eigenvalue weighted by Gasteiger charge is 2.21. The number of aromatic nitrogens is 2. The normalized spacial score (nSPS) is 12.9. The highest BCUT2D eigenvalue weighted by molar-refractivity contribution is 9.10. The molecular formula is C26H22Br2N4O. The van der Waals surface area contributed by atoms with Crippen molar-refractivity contribution in [1.82, 2.24) is 9.97 Å². The van der Waals surface area contributed by atoms with Crippen molar-refractivity contribution in [2.75, 3.05) is 17.2 Å². The number of hydrogen-bond acceptors (Lipinski definition) is 4. The summed E-state index contributed by atoms with van der Waals surface area (Å²) in [5.74, 6) is 0.213. The number of hydrogen-bond donors (Lipinski definition) is 1. The summed E-state index contributed by atoms with van der Waals surface area (Å²) in [5.41, 5.74) is 11.7. The van der Waals surface area contributed by atoms with E-state index in [2.05, 4.69) is 41.8 Å². The standard InChI is InChI=1S/C15H13BrN2O.C11H9BrN2/c16-13-7-12(9-17-10-13)11-3-1-4-14(8-11)18-6-2-5-15(18)19;12-10-4-9(6-14-7-10)8-2-1-3-11(13)5-8/h1,3-4,7-10H,2,5-6H2;1-7H,13H2. The maximum atomic E-state index is 11.8. The maximum absolute atomic E-state index is 11.8. The van der Waals surface area contributed by atoms with E-state index in [0.717, 1.165) is 55.5 Å². The van der Waals surface area contributed by atoms with Gasteiger partial charge in [0, 0.05) is 69.2 Å². The Kier molecular flexibility index (Phi) is 7.52. The molecule has 5 rings (SSSR count). The Labute approximate surface area is 209 Å². The third kappa shape index (κ3) is 6.06. The van der Waals surface area contributed by atoms with E-state index in [-0.39, 0.29) is 5.91 Å². The molecule has 1 amide bonds. The maximum Gasteiger partial charge on any atom is 0.227 e. The summed E-state index contributed by atoms with van der Waals surface area (Å²) < 4.78 is 1.92. The molecule has 0 unspecified atom stereocenters. The van der Waals surface area contributed by atoms with Crippen LogP contribution in [0.5, 0.6) is 0 Å². The van der Waals surface area contributed by atoms with Crippen molar-refractivity contribution in [2.45, 2.75) is 12.8 Å². The Hall–Kier alpha value is -3.03. The first kappa shape index (κ1) is 23.1. The SMILES string of the molecule is Nc1cccc(-c2cncc(Br)c2)c1.O=C1CCCN1c1cccc(-c2cncc(Br)c2)c1. The Bertz CT molecular complexity index is 1230. The molecule has 2 aromatic carbocycles. The van der Waals surface area contributed by atoms with E-state index in [0.29, 0.717) is 6.42 Å². The summed E-state index contributed by atoms with van der Waals surface area (Å²) >= 11 is 6.81. The first-order valence-corrected chi connectivity index (χ1v) is 12.1. The zero-order chi connectivity index (χ0) is 23.2. The van der Waals surface area contributed by atoms with Crippen LogP contribution in [0.15, 0.2) is 94.4 Å². The van der Waals surface area contributed by atoms with E-state index in [1.54, 1.807) is 12.4 Å². The van der Waals surface area contributed by atoms with E-state index >= 15 is 0 Å². The molecule has 2 N–H and O–H groups in total. The largest absolute Gasteiger partial charge is 0.399 e. The van der Waals surface area contributed by atoms with Crippen LogP contribution in [0, 0.1) is 0 Å². The van der Waals surface area contributed by atoms with E-state index < -0.39 is 0 Å². The Morgan fingerprint density at radius 1 is 0.758 bits per heavy atom. The molecule has 5 nitrogen and oxygen atoms in total. The molecule has 0 atom stereocenters. The first-order chi connectivity index (χ1) is 16.0.